The number of thiocarbonyl (C=S) groups is 1. The quantitative estimate of drug-likeness (QED) is 0.291. The summed E-state index contributed by atoms with van der Waals surface area (Å²) < 4.78 is 25.3. The number of hydrazone groups is 1. The van der Waals surface area contributed by atoms with Gasteiger partial charge in [-0.15, -0.1) is 0 Å². The van der Waals surface area contributed by atoms with Gasteiger partial charge in [-0.3, -0.25) is 5.43 Å². The molecule has 0 aliphatic rings. The zero-order valence-corrected chi connectivity index (χ0v) is 17.6. The summed E-state index contributed by atoms with van der Waals surface area (Å²) in [6.07, 6.45) is 1.54. The molecule has 0 unspecified atom stereocenters. The van der Waals surface area contributed by atoms with Gasteiger partial charge < -0.3 is 14.8 Å². The van der Waals surface area contributed by atoms with E-state index in [0.29, 0.717) is 27.2 Å². The molecule has 3 aromatic carbocycles. The lowest BCUT2D eigenvalue weighted by atomic mass is 10.2. The van der Waals surface area contributed by atoms with Crippen molar-refractivity contribution in [2.45, 2.75) is 6.61 Å². The fourth-order valence-corrected chi connectivity index (χ4v) is 2.99. The van der Waals surface area contributed by atoms with Crippen molar-refractivity contribution < 1.29 is 13.9 Å². The number of methoxy groups -OCH3 is 1. The Hall–Kier alpha value is -3.16. The van der Waals surface area contributed by atoms with Crippen molar-refractivity contribution in [2.24, 2.45) is 5.10 Å². The first-order valence-electron chi connectivity index (χ1n) is 8.96. The molecule has 0 radical (unpaired) electrons. The van der Waals surface area contributed by atoms with E-state index in [1.54, 1.807) is 36.5 Å². The van der Waals surface area contributed by atoms with Crippen molar-refractivity contribution in [1.82, 2.24) is 5.43 Å². The van der Waals surface area contributed by atoms with Gasteiger partial charge in [-0.2, -0.15) is 5.10 Å². The van der Waals surface area contributed by atoms with Crippen LogP contribution < -0.4 is 20.2 Å². The fourth-order valence-electron chi connectivity index (χ4n) is 2.61. The first-order chi connectivity index (χ1) is 14.6. The minimum absolute atomic E-state index is 0.0614. The summed E-state index contributed by atoms with van der Waals surface area (Å²) in [5.41, 5.74) is 4.48. The summed E-state index contributed by atoms with van der Waals surface area (Å²) in [5, 5.41) is 7.79. The molecule has 0 amide bonds. The van der Waals surface area contributed by atoms with Crippen LogP contribution in [0.3, 0.4) is 0 Å². The van der Waals surface area contributed by atoms with Crippen molar-refractivity contribution in [2.75, 3.05) is 12.4 Å². The Morgan fingerprint density at radius 1 is 1.10 bits per heavy atom. The first kappa shape index (κ1) is 21.5. The molecule has 0 heterocycles. The predicted molar refractivity (Wildman–Crippen MR) is 122 cm³/mol. The molecule has 2 N–H and O–H groups in total. The van der Waals surface area contributed by atoms with Crippen molar-refractivity contribution in [1.29, 1.82) is 0 Å². The lowest BCUT2D eigenvalue weighted by Gasteiger charge is -2.14. The Morgan fingerprint density at radius 3 is 2.60 bits per heavy atom. The van der Waals surface area contributed by atoms with Crippen molar-refractivity contribution in [3.63, 3.8) is 0 Å². The zero-order valence-electron chi connectivity index (χ0n) is 16.1. The Morgan fingerprint density at radius 2 is 1.87 bits per heavy atom. The number of hydrogen-bond donors (Lipinski definition) is 2. The molecule has 0 atom stereocenters. The molecule has 5 nitrogen and oxygen atoms in total. The van der Waals surface area contributed by atoms with Crippen molar-refractivity contribution in [3.8, 4) is 11.5 Å². The summed E-state index contributed by atoms with van der Waals surface area (Å²) in [6.45, 7) is -0.0614. The molecule has 0 spiro atoms. The van der Waals surface area contributed by atoms with Gasteiger partial charge in [0, 0.05) is 16.8 Å². The Balaban J connectivity index is 1.72. The van der Waals surface area contributed by atoms with Crippen LogP contribution in [0.2, 0.25) is 5.02 Å². The number of benzene rings is 3. The van der Waals surface area contributed by atoms with Gasteiger partial charge in [-0.25, -0.2) is 4.39 Å². The van der Waals surface area contributed by atoms with Crippen molar-refractivity contribution in [3.05, 3.63) is 88.7 Å². The number of halogens is 2. The molecule has 0 aromatic heterocycles. The van der Waals surface area contributed by atoms with Gasteiger partial charge in [-0.1, -0.05) is 41.9 Å². The maximum absolute atomic E-state index is 14.1. The van der Waals surface area contributed by atoms with Crippen LogP contribution in [0.15, 0.2) is 71.8 Å². The second-order valence-electron chi connectivity index (χ2n) is 6.06. The van der Waals surface area contributed by atoms with Crippen LogP contribution >= 0.6 is 23.8 Å². The highest BCUT2D eigenvalue weighted by molar-refractivity contribution is 7.80. The third kappa shape index (κ3) is 5.68. The van der Waals surface area contributed by atoms with E-state index in [2.05, 4.69) is 15.8 Å². The topological polar surface area (TPSA) is 54.9 Å². The molecule has 0 saturated carbocycles. The fraction of sp³-hybridized carbons (Fsp3) is 0.0909. The number of hydrogen-bond acceptors (Lipinski definition) is 4. The number of anilines is 1. The monoisotopic (exact) mass is 443 g/mol. The van der Waals surface area contributed by atoms with Gasteiger partial charge in [0.15, 0.2) is 16.6 Å². The molecule has 0 aliphatic heterocycles. The Labute approximate surface area is 184 Å². The lowest BCUT2D eigenvalue weighted by Crippen LogP contribution is -2.23. The summed E-state index contributed by atoms with van der Waals surface area (Å²) in [4.78, 5) is 0. The molecule has 30 heavy (non-hydrogen) atoms. The van der Waals surface area contributed by atoms with Crippen molar-refractivity contribution >= 4 is 40.8 Å². The van der Waals surface area contributed by atoms with E-state index in [1.807, 2.05) is 30.3 Å². The smallest absolute Gasteiger partial charge is 0.191 e. The maximum atomic E-state index is 14.1. The normalized spacial score (nSPS) is 10.6. The standard InChI is InChI=1S/C22H19ClFN3O2S/c1-28-20-12-5-7-15(13-25-27-22(30)26-16-8-3-2-4-9-16)21(20)29-14-17-18(23)10-6-11-19(17)24/h2-13H,14H2,1H3,(H2,26,27,30). The minimum Gasteiger partial charge on any atom is -0.493 e. The second-order valence-corrected chi connectivity index (χ2v) is 6.87. The number of nitrogens with zero attached hydrogens (tertiary/aromatic N) is 1. The summed E-state index contributed by atoms with van der Waals surface area (Å²) in [6, 6.07) is 19.3. The summed E-state index contributed by atoms with van der Waals surface area (Å²) in [5.74, 6) is 0.454. The molecule has 3 rings (SSSR count). The van der Waals surface area contributed by atoms with E-state index in [4.69, 9.17) is 33.3 Å². The number of rotatable bonds is 7. The molecule has 8 heteroatoms. The van der Waals surface area contributed by atoms with E-state index >= 15 is 0 Å². The van der Waals surface area contributed by atoms with Crippen LogP contribution in [0.5, 0.6) is 11.5 Å². The van der Waals surface area contributed by atoms with Gasteiger partial charge in [0.2, 0.25) is 0 Å². The van der Waals surface area contributed by atoms with E-state index < -0.39 is 5.82 Å². The van der Waals surface area contributed by atoms with Crippen LogP contribution in [0.25, 0.3) is 0 Å². The Kier molecular flexibility index (Phi) is 7.59. The number of nitrogens with one attached hydrogen (secondary N) is 2. The van der Waals surface area contributed by atoms with Gasteiger partial charge in [-0.05, 0) is 48.6 Å². The Bertz CT molecular complexity index is 1030. The van der Waals surface area contributed by atoms with E-state index in [9.17, 15) is 4.39 Å². The highest BCUT2D eigenvalue weighted by atomic mass is 35.5. The van der Waals surface area contributed by atoms with E-state index in [-0.39, 0.29) is 12.2 Å². The summed E-state index contributed by atoms with van der Waals surface area (Å²) >= 11 is 11.3. The average molecular weight is 444 g/mol. The zero-order chi connectivity index (χ0) is 21.3. The van der Waals surface area contributed by atoms with Crippen LogP contribution in [0.4, 0.5) is 10.1 Å². The van der Waals surface area contributed by atoms with Crippen LogP contribution in [-0.2, 0) is 6.61 Å². The van der Waals surface area contributed by atoms with Crippen LogP contribution in [0.1, 0.15) is 11.1 Å². The van der Waals surface area contributed by atoms with Gasteiger partial charge >= 0.3 is 0 Å². The molecule has 0 saturated heterocycles. The van der Waals surface area contributed by atoms with E-state index in [1.165, 1.54) is 13.2 Å². The second kappa shape index (κ2) is 10.6. The van der Waals surface area contributed by atoms with Gasteiger partial charge in [0.1, 0.15) is 12.4 Å². The van der Waals surface area contributed by atoms with Gasteiger partial charge in [0.05, 0.1) is 18.3 Å². The minimum atomic E-state index is -0.438. The number of ether oxygens (including phenoxy) is 2. The highest BCUT2D eigenvalue weighted by Crippen LogP contribution is 2.32. The molecular formula is C22H19ClFN3O2S. The molecule has 0 aliphatic carbocycles. The first-order valence-corrected chi connectivity index (χ1v) is 9.75. The highest BCUT2D eigenvalue weighted by Gasteiger charge is 2.13. The lowest BCUT2D eigenvalue weighted by molar-refractivity contribution is 0.279. The van der Waals surface area contributed by atoms with Crippen LogP contribution in [0, 0.1) is 5.82 Å². The van der Waals surface area contributed by atoms with Crippen LogP contribution in [-0.4, -0.2) is 18.4 Å². The predicted octanol–water partition coefficient (Wildman–Crippen LogP) is 5.39. The van der Waals surface area contributed by atoms with E-state index in [0.717, 1.165) is 5.69 Å². The van der Waals surface area contributed by atoms with Gasteiger partial charge in [0.25, 0.3) is 0 Å². The third-order valence-corrected chi connectivity index (χ3v) is 4.60. The molecule has 154 valence electrons. The summed E-state index contributed by atoms with van der Waals surface area (Å²) in [7, 11) is 1.52. The molecular weight excluding hydrogens is 425 g/mol. The molecule has 0 bridgehead atoms. The maximum Gasteiger partial charge on any atom is 0.191 e. The SMILES string of the molecule is COc1cccc(C=NNC(=S)Nc2ccccc2)c1OCc1c(F)cccc1Cl. The molecule has 3 aromatic rings. The number of para-hydroxylation sites is 2. The molecule has 0 fully saturated rings. The largest absolute Gasteiger partial charge is 0.493 e. The third-order valence-electron chi connectivity index (χ3n) is 4.05. The average Bonchev–Trinajstić information content (AvgIpc) is 2.74.